The van der Waals surface area contributed by atoms with E-state index in [1.807, 2.05) is 0 Å². The maximum Gasteiger partial charge on any atom is 0.435 e. The average molecular weight is 411 g/mol. The van der Waals surface area contributed by atoms with Crippen LogP contribution in [0.15, 0.2) is 47.6 Å². The third kappa shape index (κ3) is 3.28. The first-order valence-electron chi connectivity index (χ1n) is 7.87. The normalized spacial score (nSPS) is 13.7. The van der Waals surface area contributed by atoms with Crippen molar-refractivity contribution < 1.29 is 31.1 Å². The average Bonchev–Trinajstić information content (AvgIpc) is 3.27. The van der Waals surface area contributed by atoms with Crippen LogP contribution in [0.2, 0.25) is 0 Å². The zero-order valence-electron chi connectivity index (χ0n) is 14.3. The van der Waals surface area contributed by atoms with Gasteiger partial charge in [-0.05, 0) is 36.4 Å². The molecule has 1 aromatic carbocycles. The van der Waals surface area contributed by atoms with Crippen molar-refractivity contribution in [3.8, 4) is 28.4 Å². The molecule has 2 aromatic heterocycles. The van der Waals surface area contributed by atoms with E-state index in [-0.39, 0.29) is 23.2 Å². The summed E-state index contributed by atoms with van der Waals surface area (Å²) in [5, 5.41) is 3.45. The zero-order chi connectivity index (χ0) is 20.1. The second-order valence-electron chi connectivity index (χ2n) is 6.02. The summed E-state index contributed by atoms with van der Waals surface area (Å²) >= 11 is 0. The minimum absolute atomic E-state index is 0.0305. The zero-order valence-corrected chi connectivity index (χ0v) is 15.1. The lowest BCUT2D eigenvalue weighted by atomic mass is 10.1. The van der Waals surface area contributed by atoms with Gasteiger partial charge in [-0.15, -0.1) is 0 Å². The Hall–Kier alpha value is -3.08. The van der Waals surface area contributed by atoms with Crippen LogP contribution in [-0.2, 0) is 16.0 Å². The van der Waals surface area contributed by atoms with Crippen molar-refractivity contribution in [3.05, 3.63) is 48.3 Å². The van der Waals surface area contributed by atoms with E-state index in [0.29, 0.717) is 17.1 Å². The molecule has 0 saturated heterocycles. The summed E-state index contributed by atoms with van der Waals surface area (Å²) in [4.78, 5) is 3.82. The SMILES string of the molecule is CS(=O)(=O)c1ccc(-n2nc(C(F)(F)F)cc2-c2ccc3c(c2)OCO3)cn1. The summed E-state index contributed by atoms with van der Waals surface area (Å²) in [5.41, 5.74) is -0.359. The van der Waals surface area contributed by atoms with Crippen molar-refractivity contribution in [1.82, 2.24) is 14.8 Å². The number of halogens is 3. The monoisotopic (exact) mass is 411 g/mol. The molecular formula is C17H12F3N3O4S. The number of hydrogen-bond acceptors (Lipinski definition) is 6. The minimum atomic E-state index is -4.66. The first kappa shape index (κ1) is 18.3. The molecule has 0 fully saturated rings. The summed E-state index contributed by atoms with van der Waals surface area (Å²) in [6, 6.07) is 8.18. The fourth-order valence-electron chi connectivity index (χ4n) is 2.70. The lowest BCUT2D eigenvalue weighted by Crippen LogP contribution is -2.08. The van der Waals surface area contributed by atoms with Crippen molar-refractivity contribution >= 4 is 9.84 Å². The van der Waals surface area contributed by atoms with Gasteiger partial charge in [0.2, 0.25) is 6.79 Å². The summed E-state index contributed by atoms with van der Waals surface area (Å²) < 4.78 is 74.4. The number of fused-ring (bicyclic) bond motifs is 1. The van der Waals surface area contributed by atoms with Crippen LogP contribution in [-0.4, -0.2) is 36.2 Å². The summed E-state index contributed by atoms with van der Waals surface area (Å²) in [6.45, 7) is 0.0305. The third-order valence-corrected chi connectivity index (χ3v) is 5.01. The van der Waals surface area contributed by atoms with Gasteiger partial charge in [0.25, 0.3) is 0 Å². The number of rotatable bonds is 3. The van der Waals surface area contributed by atoms with Crippen LogP contribution < -0.4 is 9.47 Å². The Morgan fingerprint density at radius 3 is 2.46 bits per heavy atom. The van der Waals surface area contributed by atoms with Crippen LogP contribution in [0.4, 0.5) is 13.2 Å². The molecule has 1 aliphatic rings. The van der Waals surface area contributed by atoms with Crippen LogP contribution in [0.25, 0.3) is 16.9 Å². The van der Waals surface area contributed by atoms with E-state index in [1.54, 1.807) is 18.2 Å². The number of ether oxygens (including phenoxy) is 2. The van der Waals surface area contributed by atoms with Gasteiger partial charge in [-0.2, -0.15) is 18.3 Å². The van der Waals surface area contributed by atoms with E-state index in [0.717, 1.165) is 23.2 Å². The number of aromatic nitrogens is 3. The maximum atomic E-state index is 13.2. The van der Waals surface area contributed by atoms with E-state index in [9.17, 15) is 21.6 Å². The standard InChI is InChI=1S/C17H12F3N3O4S/c1-28(24,25)16-5-3-11(8-21-16)23-12(7-15(22-23)17(18,19)20)10-2-4-13-14(6-10)27-9-26-13/h2-8H,9H2,1H3. The highest BCUT2D eigenvalue weighted by molar-refractivity contribution is 7.90. The lowest BCUT2D eigenvalue weighted by molar-refractivity contribution is -0.141. The molecule has 3 aromatic rings. The Morgan fingerprint density at radius 2 is 1.82 bits per heavy atom. The highest BCUT2D eigenvalue weighted by Crippen LogP contribution is 2.38. The Bertz CT molecular complexity index is 1160. The highest BCUT2D eigenvalue weighted by Gasteiger charge is 2.35. The fourth-order valence-corrected chi connectivity index (χ4v) is 3.25. The molecular weight excluding hydrogens is 399 g/mol. The van der Waals surface area contributed by atoms with Gasteiger partial charge in [0.1, 0.15) is 0 Å². The molecule has 0 aliphatic carbocycles. The van der Waals surface area contributed by atoms with E-state index < -0.39 is 21.7 Å². The molecule has 0 spiro atoms. The number of pyridine rings is 1. The molecule has 0 saturated carbocycles. The van der Waals surface area contributed by atoms with Gasteiger partial charge in [-0.25, -0.2) is 18.1 Å². The largest absolute Gasteiger partial charge is 0.454 e. The molecule has 28 heavy (non-hydrogen) atoms. The topological polar surface area (TPSA) is 83.3 Å². The molecule has 0 unspecified atom stereocenters. The van der Waals surface area contributed by atoms with Gasteiger partial charge in [0, 0.05) is 11.8 Å². The molecule has 3 heterocycles. The van der Waals surface area contributed by atoms with Crippen LogP contribution >= 0.6 is 0 Å². The van der Waals surface area contributed by atoms with Gasteiger partial charge in [-0.1, -0.05) is 0 Å². The summed E-state index contributed by atoms with van der Waals surface area (Å²) in [5.74, 6) is 0.898. The molecule has 11 heteroatoms. The first-order chi connectivity index (χ1) is 13.1. The molecule has 7 nitrogen and oxygen atoms in total. The molecule has 0 atom stereocenters. The number of hydrogen-bond donors (Lipinski definition) is 0. The van der Waals surface area contributed by atoms with Crippen LogP contribution in [0.1, 0.15) is 5.69 Å². The molecule has 0 bridgehead atoms. The summed E-state index contributed by atoms with van der Waals surface area (Å²) in [7, 11) is -3.54. The smallest absolute Gasteiger partial charge is 0.435 e. The van der Waals surface area contributed by atoms with Crippen molar-refractivity contribution in [2.24, 2.45) is 0 Å². The molecule has 0 amide bonds. The number of nitrogens with zero attached hydrogens (tertiary/aromatic N) is 3. The number of sulfone groups is 1. The maximum absolute atomic E-state index is 13.2. The molecule has 146 valence electrons. The second kappa shape index (κ2) is 6.23. The van der Waals surface area contributed by atoms with E-state index in [2.05, 4.69) is 10.1 Å². The summed E-state index contributed by atoms with van der Waals surface area (Å²) in [6.07, 6.45) is -2.51. The first-order valence-corrected chi connectivity index (χ1v) is 9.76. The number of benzene rings is 1. The van der Waals surface area contributed by atoms with Crippen molar-refractivity contribution in [2.45, 2.75) is 11.2 Å². The van der Waals surface area contributed by atoms with Crippen LogP contribution in [0.3, 0.4) is 0 Å². The van der Waals surface area contributed by atoms with E-state index in [4.69, 9.17) is 9.47 Å². The van der Waals surface area contributed by atoms with Gasteiger partial charge in [0.05, 0.1) is 17.6 Å². The molecule has 4 rings (SSSR count). The quantitative estimate of drug-likeness (QED) is 0.659. The van der Waals surface area contributed by atoms with Gasteiger partial charge in [0.15, 0.2) is 32.1 Å². The Morgan fingerprint density at radius 1 is 1.07 bits per heavy atom. The molecule has 1 aliphatic heterocycles. The predicted molar refractivity (Wildman–Crippen MR) is 91.0 cm³/mol. The Balaban J connectivity index is 1.86. The minimum Gasteiger partial charge on any atom is -0.454 e. The molecule has 0 radical (unpaired) electrons. The second-order valence-corrected chi connectivity index (χ2v) is 7.98. The van der Waals surface area contributed by atoms with E-state index in [1.165, 1.54) is 12.1 Å². The van der Waals surface area contributed by atoms with Gasteiger partial charge < -0.3 is 9.47 Å². The predicted octanol–water partition coefficient (Wildman–Crippen LogP) is 3.09. The Kier molecular flexibility index (Phi) is 4.07. The van der Waals surface area contributed by atoms with Crippen LogP contribution in [0.5, 0.6) is 11.5 Å². The fraction of sp³-hybridized carbons (Fsp3) is 0.176. The molecule has 0 N–H and O–H groups in total. The van der Waals surface area contributed by atoms with E-state index >= 15 is 0 Å². The number of alkyl halides is 3. The van der Waals surface area contributed by atoms with Gasteiger partial charge >= 0.3 is 6.18 Å². The van der Waals surface area contributed by atoms with Gasteiger partial charge in [-0.3, -0.25) is 0 Å². The van der Waals surface area contributed by atoms with Crippen molar-refractivity contribution in [3.63, 3.8) is 0 Å². The van der Waals surface area contributed by atoms with Crippen molar-refractivity contribution in [1.29, 1.82) is 0 Å². The third-order valence-electron chi connectivity index (χ3n) is 4.01. The van der Waals surface area contributed by atoms with Crippen molar-refractivity contribution in [2.75, 3.05) is 13.0 Å². The Labute approximate surface area is 157 Å². The van der Waals surface area contributed by atoms with Crippen LogP contribution in [0, 0.1) is 0 Å². The lowest BCUT2D eigenvalue weighted by Gasteiger charge is -2.08. The highest BCUT2D eigenvalue weighted by atomic mass is 32.2.